The van der Waals surface area contributed by atoms with Crippen molar-refractivity contribution in [3.63, 3.8) is 0 Å². The van der Waals surface area contributed by atoms with Gasteiger partial charge in [0.05, 0.1) is 25.5 Å². The first-order valence-corrected chi connectivity index (χ1v) is 7.11. The molecule has 0 spiro atoms. The third kappa shape index (κ3) is 4.51. The van der Waals surface area contributed by atoms with Gasteiger partial charge in [-0.1, -0.05) is 12.1 Å². The first-order chi connectivity index (χ1) is 9.79. The number of benzene rings is 1. The van der Waals surface area contributed by atoms with E-state index in [1.165, 1.54) is 0 Å². The van der Waals surface area contributed by atoms with Crippen LogP contribution in [0.4, 0.5) is 5.69 Å². The molecule has 1 aliphatic heterocycles. The van der Waals surface area contributed by atoms with Crippen molar-refractivity contribution in [2.45, 2.75) is 13.3 Å². The fraction of sp³-hybridized carbons (Fsp3) is 0.533. The first kappa shape index (κ1) is 14.8. The van der Waals surface area contributed by atoms with Crippen molar-refractivity contribution in [3.8, 4) is 5.75 Å². The zero-order chi connectivity index (χ0) is 14.2. The van der Waals surface area contributed by atoms with Crippen LogP contribution in [0.2, 0.25) is 0 Å². The van der Waals surface area contributed by atoms with Gasteiger partial charge >= 0.3 is 0 Å². The Labute approximate surface area is 119 Å². The molecule has 5 heteroatoms. The summed E-state index contributed by atoms with van der Waals surface area (Å²) in [5.41, 5.74) is 0.737. The minimum Gasteiger partial charge on any atom is -0.492 e. The molecule has 1 saturated heterocycles. The molecule has 0 atom stereocenters. The van der Waals surface area contributed by atoms with Gasteiger partial charge in [-0.15, -0.1) is 0 Å². The Balaban J connectivity index is 1.81. The third-order valence-corrected chi connectivity index (χ3v) is 3.22. The van der Waals surface area contributed by atoms with Crippen molar-refractivity contribution in [3.05, 3.63) is 24.3 Å². The SMILES string of the molecule is CCOc1ccccc1NC(=O)CCN1CCOCC1. The van der Waals surface area contributed by atoms with Crippen molar-refractivity contribution in [1.82, 2.24) is 4.90 Å². The summed E-state index contributed by atoms with van der Waals surface area (Å²) in [5, 5.41) is 2.91. The monoisotopic (exact) mass is 278 g/mol. The number of carbonyl (C=O) groups is 1. The molecule has 1 aromatic rings. The van der Waals surface area contributed by atoms with Gasteiger partial charge in [0.1, 0.15) is 5.75 Å². The largest absolute Gasteiger partial charge is 0.492 e. The summed E-state index contributed by atoms with van der Waals surface area (Å²) in [7, 11) is 0. The minimum absolute atomic E-state index is 0.0173. The molecule has 1 aliphatic rings. The van der Waals surface area contributed by atoms with Crippen LogP contribution in [0.1, 0.15) is 13.3 Å². The van der Waals surface area contributed by atoms with E-state index in [2.05, 4.69) is 10.2 Å². The van der Waals surface area contributed by atoms with E-state index in [0.717, 1.165) is 44.3 Å². The number of rotatable bonds is 6. The van der Waals surface area contributed by atoms with Crippen LogP contribution >= 0.6 is 0 Å². The Morgan fingerprint density at radius 3 is 2.85 bits per heavy atom. The molecule has 0 saturated carbocycles. The van der Waals surface area contributed by atoms with Crippen molar-refractivity contribution in [2.24, 2.45) is 0 Å². The molecule has 0 aliphatic carbocycles. The Kier molecular flexibility index (Phi) is 5.83. The summed E-state index contributed by atoms with van der Waals surface area (Å²) in [4.78, 5) is 14.2. The van der Waals surface area contributed by atoms with Gasteiger partial charge in [0.2, 0.25) is 5.91 Å². The van der Waals surface area contributed by atoms with Crippen LogP contribution in [0.15, 0.2) is 24.3 Å². The number of ether oxygens (including phenoxy) is 2. The van der Waals surface area contributed by atoms with Crippen LogP contribution in [0.25, 0.3) is 0 Å². The Morgan fingerprint density at radius 1 is 1.35 bits per heavy atom. The van der Waals surface area contributed by atoms with Gasteiger partial charge in [0, 0.05) is 26.1 Å². The summed E-state index contributed by atoms with van der Waals surface area (Å²) in [6, 6.07) is 7.51. The highest BCUT2D eigenvalue weighted by Crippen LogP contribution is 2.23. The summed E-state index contributed by atoms with van der Waals surface area (Å²) >= 11 is 0. The number of hydrogen-bond acceptors (Lipinski definition) is 4. The number of anilines is 1. The molecular formula is C15H22N2O3. The second-order valence-corrected chi connectivity index (χ2v) is 4.68. The van der Waals surface area contributed by atoms with Crippen LogP contribution in [-0.4, -0.2) is 50.3 Å². The minimum atomic E-state index is 0.0173. The molecule has 5 nitrogen and oxygen atoms in total. The number of carbonyl (C=O) groups excluding carboxylic acids is 1. The Hall–Kier alpha value is -1.59. The van der Waals surface area contributed by atoms with E-state index < -0.39 is 0 Å². The lowest BCUT2D eigenvalue weighted by Gasteiger charge is -2.26. The molecule has 0 unspecified atom stereocenters. The van der Waals surface area contributed by atoms with Gasteiger partial charge in [0.15, 0.2) is 0 Å². The van der Waals surface area contributed by atoms with Gasteiger partial charge in [-0.05, 0) is 19.1 Å². The molecule has 0 aromatic heterocycles. The second kappa shape index (κ2) is 7.87. The number of para-hydroxylation sites is 2. The lowest BCUT2D eigenvalue weighted by molar-refractivity contribution is -0.116. The number of hydrogen-bond donors (Lipinski definition) is 1. The van der Waals surface area contributed by atoms with Crippen molar-refractivity contribution >= 4 is 11.6 Å². The van der Waals surface area contributed by atoms with Crippen LogP contribution in [0.5, 0.6) is 5.75 Å². The van der Waals surface area contributed by atoms with Crippen molar-refractivity contribution in [2.75, 3.05) is 44.8 Å². The molecule has 110 valence electrons. The van der Waals surface area contributed by atoms with E-state index in [-0.39, 0.29) is 5.91 Å². The van der Waals surface area contributed by atoms with Gasteiger partial charge in [-0.3, -0.25) is 9.69 Å². The Morgan fingerprint density at radius 2 is 2.10 bits per heavy atom. The van der Waals surface area contributed by atoms with Gasteiger partial charge in [0.25, 0.3) is 0 Å². The molecule has 1 fully saturated rings. The number of nitrogens with one attached hydrogen (secondary N) is 1. The topological polar surface area (TPSA) is 50.8 Å². The summed E-state index contributed by atoms with van der Waals surface area (Å²) < 4.78 is 10.8. The summed E-state index contributed by atoms with van der Waals surface area (Å²) in [5.74, 6) is 0.735. The van der Waals surface area contributed by atoms with Gasteiger partial charge < -0.3 is 14.8 Å². The van der Waals surface area contributed by atoms with E-state index >= 15 is 0 Å². The smallest absolute Gasteiger partial charge is 0.225 e. The van der Waals surface area contributed by atoms with Gasteiger partial charge in [-0.25, -0.2) is 0 Å². The fourth-order valence-electron chi connectivity index (χ4n) is 2.15. The van der Waals surface area contributed by atoms with E-state index in [1.807, 2.05) is 31.2 Å². The number of morpholine rings is 1. The quantitative estimate of drug-likeness (QED) is 0.861. The average molecular weight is 278 g/mol. The van der Waals surface area contributed by atoms with E-state index in [0.29, 0.717) is 13.0 Å². The van der Waals surface area contributed by atoms with E-state index in [9.17, 15) is 4.79 Å². The summed E-state index contributed by atoms with van der Waals surface area (Å²) in [6.07, 6.45) is 0.487. The van der Waals surface area contributed by atoms with Gasteiger partial charge in [-0.2, -0.15) is 0 Å². The predicted molar refractivity (Wildman–Crippen MR) is 78.1 cm³/mol. The van der Waals surface area contributed by atoms with Crippen molar-refractivity contribution in [1.29, 1.82) is 0 Å². The zero-order valence-corrected chi connectivity index (χ0v) is 11.9. The van der Waals surface area contributed by atoms with Crippen molar-refractivity contribution < 1.29 is 14.3 Å². The maximum Gasteiger partial charge on any atom is 0.225 e. The highest BCUT2D eigenvalue weighted by molar-refractivity contribution is 5.92. The van der Waals surface area contributed by atoms with E-state index in [4.69, 9.17) is 9.47 Å². The molecular weight excluding hydrogens is 256 g/mol. The second-order valence-electron chi connectivity index (χ2n) is 4.68. The third-order valence-electron chi connectivity index (χ3n) is 3.22. The molecule has 0 radical (unpaired) electrons. The fourth-order valence-corrected chi connectivity index (χ4v) is 2.15. The lowest BCUT2D eigenvalue weighted by Crippen LogP contribution is -2.38. The van der Waals surface area contributed by atoms with E-state index in [1.54, 1.807) is 0 Å². The first-order valence-electron chi connectivity index (χ1n) is 7.11. The molecule has 0 bridgehead atoms. The standard InChI is InChI=1S/C15H22N2O3/c1-2-20-14-6-4-3-5-13(14)16-15(18)7-8-17-9-11-19-12-10-17/h3-6H,2,7-12H2,1H3,(H,16,18). The normalized spacial score (nSPS) is 15.8. The molecule has 1 N–H and O–H groups in total. The molecule has 2 rings (SSSR count). The highest BCUT2D eigenvalue weighted by Gasteiger charge is 2.13. The molecule has 1 heterocycles. The Bertz CT molecular complexity index is 431. The van der Waals surface area contributed by atoms with Crippen LogP contribution < -0.4 is 10.1 Å². The average Bonchev–Trinajstić information content (AvgIpc) is 2.49. The number of amides is 1. The maximum atomic E-state index is 12.0. The highest BCUT2D eigenvalue weighted by atomic mass is 16.5. The molecule has 1 amide bonds. The maximum absolute atomic E-state index is 12.0. The molecule has 20 heavy (non-hydrogen) atoms. The van der Waals surface area contributed by atoms with Crippen LogP contribution in [-0.2, 0) is 9.53 Å². The predicted octanol–water partition coefficient (Wildman–Crippen LogP) is 1.75. The molecule has 1 aromatic carbocycles. The van der Waals surface area contributed by atoms with Crippen LogP contribution in [0.3, 0.4) is 0 Å². The summed E-state index contributed by atoms with van der Waals surface area (Å²) in [6.45, 7) is 6.61. The zero-order valence-electron chi connectivity index (χ0n) is 11.9. The number of nitrogens with zero attached hydrogens (tertiary/aromatic N) is 1. The van der Waals surface area contributed by atoms with Crippen LogP contribution in [0, 0.1) is 0 Å². The lowest BCUT2D eigenvalue weighted by atomic mass is 10.2.